The van der Waals surface area contributed by atoms with Crippen LogP contribution in [0.2, 0.25) is 0 Å². The highest BCUT2D eigenvalue weighted by molar-refractivity contribution is 7.08. The van der Waals surface area contributed by atoms with E-state index < -0.39 is 0 Å². The first-order valence-corrected chi connectivity index (χ1v) is 8.21. The maximum atomic E-state index is 11.9. The van der Waals surface area contributed by atoms with Gasteiger partial charge in [-0.3, -0.25) is 4.79 Å². The normalized spacial score (nSPS) is 11.0. The molecule has 0 atom stereocenters. The Morgan fingerprint density at radius 3 is 2.76 bits per heavy atom. The van der Waals surface area contributed by atoms with Crippen LogP contribution in [0.3, 0.4) is 0 Å². The minimum absolute atomic E-state index is 0.142. The third kappa shape index (κ3) is 3.04. The summed E-state index contributed by atoms with van der Waals surface area (Å²) in [7, 11) is 0. The molecule has 0 unspecified atom stereocenters. The molecule has 0 aliphatic heterocycles. The molecule has 114 valence electrons. The minimum Gasteiger partial charge on any atom is -0.396 e. The molecule has 5 heteroatoms. The van der Waals surface area contributed by atoms with Crippen molar-refractivity contribution in [1.82, 2.24) is 4.57 Å². The summed E-state index contributed by atoms with van der Waals surface area (Å²) in [6, 6.07) is 2.03. The van der Waals surface area contributed by atoms with Crippen LogP contribution in [0, 0.1) is 6.92 Å². The smallest absolute Gasteiger partial charge is 0.251 e. The molecule has 1 amide bonds. The molecular formula is C16H22N2O2S. The average molecular weight is 306 g/mol. The van der Waals surface area contributed by atoms with Gasteiger partial charge in [0.1, 0.15) is 0 Å². The second-order valence-electron chi connectivity index (χ2n) is 5.14. The Morgan fingerprint density at radius 1 is 1.48 bits per heavy atom. The molecule has 0 aliphatic carbocycles. The van der Waals surface area contributed by atoms with Crippen LogP contribution >= 0.6 is 11.3 Å². The molecule has 2 aromatic rings. The first-order valence-electron chi connectivity index (χ1n) is 7.27. The second-order valence-corrected chi connectivity index (χ2v) is 5.92. The molecule has 2 rings (SSSR count). The predicted molar refractivity (Wildman–Crippen MR) is 86.7 cm³/mol. The molecule has 0 bridgehead atoms. The highest BCUT2D eigenvalue weighted by Crippen LogP contribution is 2.34. The SMILES string of the molecule is CCCc1c(-c2ccsc2)c(C(N)=O)c(C)n1CCCO. The summed E-state index contributed by atoms with van der Waals surface area (Å²) in [5.41, 5.74) is 10.3. The molecule has 0 radical (unpaired) electrons. The summed E-state index contributed by atoms with van der Waals surface area (Å²) in [6.45, 7) is 4.91. The van der Waals surface area contributed by atoms with Gasteiger partial charge in [0.25, 0.3) is 5.91 Å². The Bertz CT molecular complexity index is 615. The lowest BCUT2D eigenvalue weighted by molar-refractivity contribution is 0.1000. The molecule has 0 aliphatic rings. The Hall–Kier alpha value is -1.59. The van der Waals surface area contributed by atoms with Crippen molar-refractivity contribution in [2.45, 2.75) is 39.7 Å². The highest BCUT2D eigenvalue weighted by Gasteiger charge is 2.24. The number of rotatable bonds is 7. The van der Waals surface area contributed by atoms with E-state index in [0.29, 0.717) is 18.5 Å². The number of hydrogen-bond donors (Lipinski definition) is 2. The van der Waals surface area contributed by atoms with Crippen LogP contribution in [0.5, 0.6) is 0 Å². The zero-order chi connectivity index (χ0) is 15.4. The van der Waals surface area contributed by atoms with Crippen LogP contribution in [0.4, 0.5) is 0 Å². The fourth-order valence-corrected chi connectivity index (χ4v) is 3.49. The third-order valence-corrected chi connectivity index (χ3v) is 4.40. The molecule has 0 aromatic carbocycles. The van der Waals surface area contributed by atoms with E-state index in [1.54, 1.807) is 11.3 Å². The zero-order valence-electron chi connectivity index (χ0n) is 12.6. The van der Waals surface area contributed by atoms with E-state index in [-0.39, 0.29) is 12.5 Å². The monoisotopic (exact) mass is 306 g/mol. The van der Waals surface area contributed by atoms with Gasteiger partial charge in [-0.1, -0.05) is 13.3 Å². The predicted octanol–water partition coefficient (Wildman–Crippen LogP) is 2.96. The number of amides is 1. The molecule has 4 nitrogen and oxygen atoms in total. The van der Waals surface area contributed by atoms with E-state index in [1.165, 1.54) is 0 Å². The highest BCUT2D eigenvalue weighted by atomic mass is 32.1. The van der Waals surface area contributed by atoms with Crippen molar-refractivity contribution in [2.24, 2.45) is 5.73 Å². The van der Waals surface area contributed by atoms with Crippen LogP contribution in [0.15, 0.2) is 16.8 Å². The van der Waals surface area contributed by atoms with Crippen molar-refractivity contribution < 1.29 is 9.90 Å². The molecular weight excluding hydrogens is 284 g/mol. The quantitative estimate of drug-likeness (QED) is 0.825. The van der Waals surface area contributed by atoms with Crippen LogP contribution in [0.1, 0.15) is 41.5 Å². The Morgan fingerprint density at radius 2 is 2.24 bits per heavy atom. The van der Waals surface area contributed by atoms with Gasteiger partial charge >= 0.3 is 0 Å². The van der Waals surface area contributed by atoms with E-state index in [2.05, 4.69) is 16.9 Å². The fourth-order valence-electron chi connectivity index (χ4n) is 2.84. The van der Waals surface area contributed by atoms with Gasteiger partial charge in [-0.2, -0.15) is 11.3 Å². The van der Waals surface area contributed by atoms with Crippen molar-refractivity contribution in [2.75, 3.05) is 6.61 Å². The lowest BCUT2D eigenvalue weighted by Crippen LogP contribution is -2.13. The van der Waals surface area contributed by atoms with Gasteiger partial charge in [0, 0.05) is 30.1 Å². The molecule has 0 spiro atoms. The van der Waals surface area contributed by atoms with Crippen LogP contribution in [0.25, 0.3) is 11.1 Å². The maximum Gasteiger partial charge on any atom is 0.251 e. The number of aliphatic hydroxyl groups is 1. The number of hydrogen-bond acceptors (Lipinski definition) is 3. The summed E-state index contributed by atoms with van der Waals surface area (Å²) < 4.78 is 2.15. The number of primary amides is 1. The zero-order valence-corrected chi connectivity index (χ0v) is 13.4. The van der Waals surface area contributed by atoms with Gasteiger partial charge in [-0.05, 0) is 42.2 Å². The van der Waals surface area contributed by atoms with Gasteiger partial charge in [-0.25, -0.2) is 0 Å². The van der Waals surface area contributed by atoms with Crippen molar-refractivity contribution in [1.29, 1.82) is 0 Å². The molecule has 3 N–H and O–H groups in total. The van der Waals surface area contributed by atoms with Gasteiger partial charge in [-0.15, -0.1) is 0 Å². The summed E-state index contributed by atoms with van der Waals surface area (Å²) >= 11 is 1.61. The first kappa shape index (κ1) is 15.8. The van der Waals surface area contributed by atoms with Crippen molar-refractivity contribution in [3.63, 3.8) is 0 Å². The number of aliphatic hydroxyl groups excluding tert-OH is 1. The molecule has 2 aromatic heterocycles. The molecule has 2 heterocycles. The second kappa shape index (κ2) is 6.91. The molecule has 0 saturated carbocycles. The largest absolute Gasteiger partial charge is 0.396 e. The maximum absolute atomic E-state index is 11.9. The lowest BCUT2D eigenvalue weighted by Gasteiger charge is -2.11. The molecule has 0 fully saturated rings. The van der Waals surface area contributed by atoms with Crippen LogP contribution < -0.4 is 5.73 Å². The topological polar surface area (TPSA) is 68.2 Å². The lowest BCUT2D eigenvalue weighted by atomic mass is 10.0. The molecule has 0 saturated heterocycles. The van der Waals surface area contributed by atoms with Crippen molar-refractivity contribution >= 4 is 17.2 Å². The Kier molecular flexibility index (Phi) is 5.20. The van der Waals surface area contributed by atoms with E-state index in [1.807, 2.05) is 18.4 Å². The summed E-state index contributed by atoms with van der Waals surface area (Å²) in [6.07, 6.45) is 2.57. The summed E-state index contributed by atoms with van der Waals surface area (Å²) in [5, 5.41) is 13.2. The number of carbonyl (C=O) groups is 1. The van der Waals surface area contributed by atoms with Crippen molar-refractivity contribution in [3.05, 3.63) is 33.8 Å². The Balaban J connectivity index is 2.66. The number of nitrogens with zero attached hydrogens (tertiary/aromatic N) is 1. The minimum atomic E-state index is -0.381. The number of nitrogens with two attached hydrogens (primary N) is 1. The van der Waals surface area contributed by atoms with E-state index in [9.17, 15) is 4.79 Å². The number of thiophene rings is 1. The number of carbonyl (C=O) groups excluding carboxylic acids is 1. The summed E-state index contributed by atoms with van der Waals surface area (Å²) in [5.74, 6) is -0.381. The van der Waals surface area contributed by atoms with Gasteiger partial charge in [0.2, 0.25) is 0 Å². The third-order valence-electron chi connectivity index (χ3n) is 3.71. The number of aromatic nitrogens is 1. The average Bonchev–Trinajstić information content (AvgIpc) is 3.04. The van der Waals surface area contributed by atoms with E-state index in [0.717, 1.165) is 35.4 Å². The Labute approximate surface area is 129 Å². The van der Waals surface area contributed by atoms with Gasteiger partial charge in [0.15, 0.2) is 0 Å². The summed E-state index contributed by atoms with van der Waals surface area (Å²) in [4.78, 5) is 11.9. The van der Waals surface area contributed by atoms with Crippen molar-refractivity contribution in [3.8, 4) is 11.1 Å². The van der Waals surface area contributed by atoms with E-state index in [4.69, 9.17) is 10.8 Å². The molecule has 21 heavy (non-hydrogen) atoms. The van der Waals surface area contributed by atoms with Gasteiger partial charge in [0.05, 0.1) is 5.56 Å². The van der Waals surface area contributed by atoms with Gasteiger partial charge < -0.3 is 15.4 Å². The van der Waals surface area contributed by atoms with Crippen LogP contribution in [-0.2, 0) is 13.0 Å². The van der Waals surface area contributed by atoms with Crippen LogP contribution in [-0.4, -0.2) is 22.2 Å². The van der Waals surface area contributed by atoms with E-state index >= 15 is 0 Å². The first-order chi connectivity index (χ1) is 10.1. The fraction of sp³-hybridized carbons (Fsp3) is 0.438. The standard InChI is InChI=1S/C16H22N2O2S/c1-3-5-13-15(12-6-9-21-10-12)14(16(17)20)11(2)18(13)7-4-8-19/h6,9-10,19H,3-5,7-8H2,1-2H3,(H2,17,20).